The highest BCUT2D eigenvalue weighted by molar-refractivity contribution is 4.87. The van der Waals surface area contributed by atoms with Gasteiger partial charge in [-0.2, -0.15) is 0 Å². The Bertz CT molecular complexity index is 262. The number of aliphatic hydroxyl groups excluding tert-OH is 1. The Labute approximate surface area is 119 Å². The van der Waals surface area contributed by atoms with Gasteiger partial charge in [0.2, 0.25) is 0 Å². The van der Waals surface area contributed by atoms with Crippen molar-refractivity contribution in [3.63, 3.8) is 0 Å². The summed E-state index contributed by atoms with van der Waals surface area (Å²) in [5, 5.41) is 13.0. The first-order chi connectivity index (χ1) is 8.90. The van der Waals surface area contributed by atoms with Crippen LogP contribution in [0.5, 0.6) is 0 Å². The number of likely N-dealkylation sites (N-methyl/N-ethyl adjacent to an activating group) is 1. The van der Waals surface area contributed by atoms with Crippen molar-refractivity contribution < 1.29 is 5.11 Å². The van der Waals surface area contributed by atoms with Crippen LogP contribution in [0.2, 0.25) is 0 Å². The number of nitrogens with one attached hydrogen (secondary N) is 1. The van der Waals surface area contributed by atoms with Crippen molar-refractivity contribution in [3.8, 4) is 0 Å². The third-order valence-corrected chi connectivity index (χ3v) is 4.49. The van der Waals surface area contributed by atoms with Gasteiger partial charge in [-0.05, 0) is 59.8 Å². The largest absolute Gasteiger partial charge is 0.394 e. The molecule has 1 fully saturated rings. The van der Waals surface area contributed by atoms with Gasteiger partial charge in [0.15, 0.2) is 0 Å². The molecule has 0 aromatic rings. The van der Waals surface area contributed by atoms with Crippen molar-refractivity contribution in [1.82, 2.24) is 15.1 Å². The maximum Gasteiger partial charge on any atom is 0.0611 e. The fourth-order valence-electron chi connectivity index (χ4n) is 3.19. The van der Waals surface area contributed by atoms with Crippen LogP contribution < -0.4 is 5.32 Å². The Morgan fingerprint density at radius 3 is 2.68 bits per heavy atom. The van der Waals surface area contributed by atoms with E-state index in [1.54, 1.807) is 0 Å². The van der Waals surface area contributed by atoms with Gasteiger partial charge in [0.1, 0.15) is 0 Å². The number of nitrogens with zero attached hydrogens (tertiary/aromatic N) is 2. The molecule has 0 amide bonds. The lowest BCUT2D eigenvalue weighted by Crippen LogP contribution is -2.50. The Hall–Kier alpha value is -0.160. The second kappa shape index (κ2) is 7.58. The summed E-state index contributed by atoms with van der Waals surface area (Å²) in [6.07, 6.45) is 2.30. The first kappa shape index (κ1) is 16.9. The molecular weight excluding hydrogens is 238 g/mol. The Morgan fingerprint density at radius 1 is 1.53 bits per heavy atom. The van der Waals surface area contributed by atoms with Crippen molar-refractivity contribution in [2.24, 2.45) is 5.92 Å². The number of hydrogen-bond donors (Lipinski definition) is 2. The molecule has 0 radical (unpaired) electrons. The molecule has 1 heterocycles. The molecule has 19 heavy (non-hydrogen) atoms. The highest BCUT2D eigenvalue weighted by Crippen LogP contribution is 2.19. The van der Waals surface area contributed by atoms with E-state index in [1.165, 1.54) is 26.1 Å². The Balaban J connectivity index is 2.40. The lowest BCUT2D eigenvalue weighted by molar-refractivity contribution is 0.121. The molecule has 4 nitrogen and oxygen atoms in total. The minimum atomic E-state index is -0.158. The smallest absolute Gasteiger partial charge is 0.0611 e. The summed E-state index contributed by atoms with van der Waals surface area (Å²) in [7, 11) is 4.42. The molecule has 0 bridgehead atoms. The van der Waals surface area contributed by atoms with E-state index >= 15 is 0 Å². The van der Waals surface area contributed by atoms with Gasteiger partial charge in [-0.15, -0.1) is 0 Å². The van der Waals surface area contributed by atoms with Gasteiger partial charge >= 0.3 is 0 Å². The molecule has 2 N–H and O–H groups in total. The molecule has 1 aliphatic rings. The van der Waals surface area contributed by atoms with E-state index in [1.807, 2.05) is 0 Å². The number of likely N-dealkylation sites (tertiary alicyclic amines) is 1. The first-order valence-electron chi connectivity index (χ1n) is 7.65. The highest BCUT2D eigenvalue weighted by Gasteiger charge is 2.28. The van der Waals surface area contributed by atoms with Gasteiger partial charge in [0.25, 0.3) is 0 Å². The van der Waals surface area contributed by atoms with E-state index in [9.17, 15) is 5.11 Å². The van der Waals surface area contributed by atoms with E-state index in [4.69, 9.17) is 0 Å². The molecule has 0 aliphatic carbocycles. The predicted molar refractivity (Wildman–Crippen MR) is 81.5 cm³/mol. The molecule has 3 unspecified atom stereocenters. The van der Waals surface area contributed by atoms with Gasteiger partial charge in [-0.25, -0.2) is 0 Å². The van der Waals surface area contributed by atoms with E-state index < -0.39 is 0 Å². The van der Waals surface area contributed by atoms with Gasteiger partial charge < -0.3 is 20.2 Å². The van der Waals surface area contributed by atoms with E-state index in [0.717, 1.165) is 18.9 Å². The minimum Gasteiger partial charge on any atom is -0.394 e. The van der Waals surface area contributed by atoms with Crippen molar-refractivity contribution in [3.05, 3.63) is 0 Å². The van der Waals surface area contributed by atoms with Gasteiger partial charge in [0, 0.05) is 24.7 Å². The van der Waals surface area contributed by atoms with Gasteiger partial charge in [-0.1, -0.05) is 6.92 Å². The molecule has 114 valence electrons. The van der Waals surface area contributed by atoms with Crippen LogP contribution in [0.4, 0.5) is 0 Å². The Morgan fingerprint density at radius 2 is 2.21 bits per heavy atom. The third kappa shape index (κ3) is 5.38. The zero-order chi connectivity index (χ0) is 14.5. The lowest BCUT2D eigenvalue weighted by atomic mass is 9.93. The van der Waals surface area contributed by atoms with Crippen LogP contribution >= 0.6 is 0 Å². The van der Waals surface area contributed by atoms with Crippen LogP contribution in [0.25, 0.3) is 0 Å². The van der Waals surface area contributed by atoms with Crippen molar-refractivity contribution in [2.45, 2.75) is 45.2 Å². The summed E-state index contributed by atoms with van der Waals surface area (Å²) < 4.78 is 0. The average Bonchev–Trinajstić information content (AvgIpc) is 2.75. The van der Waals surface area contributed by atoms with Crippen LogP contribution in [-0.2, 0) is 0 Å². The maximum atomic E-state index is 9.58. The van der Waals surface area contributed by atoms with E-state index in [0.29, 0.717) is 6.04 Å². The zero-order valence-electron chi connectivity index (χ0n) is 13.4. The van der Waals surface area contributed by atoms with Crippen LogP contribution in [-0.4, -0.2) is 73.4 Å². The summed E-state index contributed by atoms with van der Waals surface area (Å²) in [5.74, 6) is 0.803. The zero-order valence-corrected chi connectivity index (χ0v) is 13.4. The molecule has 0 aromatic heterocycles. The Kier molecular flexibility index (Phi) is 6.74. The van der Waals surface area contributed by atoms with Crippen LogP contribution in [0.1, 0.15) is 33.6 Å². The highest BCUT2D eigenvalue weighted by atomic mass is 16.3. The second-order valence-corrected chi connectivity index (χ2v) is 6.66. The molecule has 4 heteroatoms. The molecule has 0 spiro atoms. The standard InChI is InChI=1S/C15H33N3O/c1-6-16-15(3,12-19)9-13(2)18(5)11-14-7-8-17(4)10-14/h13-14,16,19H,6-12H2,1-5H3. The number of rotatable bonds is 8. The summed E-state index contributed by atoms with van der Waals surface area (Å²) >= 11 is 0. The maximum absolute atomic E-state index is 9.58. The fraction of sp³-hybridized carbons (Fsp3) is 1.00. The molecule has 0 saturated carbocycles. The van der Waals surface area contributed by atoms with Crippen LogP contribution in [0, 0.1) is 5.92 Å². The lowest BCUT2D eigenvalue weighted by Gasteiger charge is -2.36. The SMILES string of the molecule is CCNC(C)(CO)CC(C)N(C)CC1CCN(C)C1. The fourth-order valence-corrected chi connectivity index (χ4v) is 3.19. The van der Waals surface area contributed by atoms with Crippen LogP contribution in [0.15, 0.2) is 0 Å². The van der Waals surface area contributed by atoms with E-state index in [-0.39, 0.29) is 12.1 Å². The summed E-state index contributed by atoms with van der Waals surface area (Å²) in [5.41, 5.74) is -0.158. The average molecular weight is 271 g/mol. The van der Waals surface area contributed by atoms with Gasteiger partial charge in [-0.3, -0.25) is 0 Å². The molecule has 1 saturated heterocycles. The molecular formula is C15H33N3O. The van der Waals surface area contributed by atoms with Crippen molar-refractivity contribution in [2.75, 3.05) is 46.9 Å². The van der Waals surface area contributed by atoms with Gasteiger partial charge in [0.05, 0.1) is 6.61 Å². The molecule has 3 atom stereocenters. The normalized spacial score (nSPS) is 25.7. The summed E-state index contributed by atoms with van der Waals surface area (Å²) in [6.45, 7) is 11.2. The van der Waals surface area contributed by atoms with E-state index in [2.05, 4.69) is 50.0 Å². The van der Waals surface area contributed by atoms with Crippen molar-refractivity contribution >= 4 is 0 Å². The summed E-state index contributed by atoms with van der Waals surface area (Å²) in [4.78, 5) is 4.87. The number of hydrogen-bond acceptors (Lipinski definition) is 4. The topological polar surface area (TPSA) is 38.7 Å². The first-order valence-corrected chi connectivity index (χ1v) is 7.65. The molecule has 0 aromatic carbocycles. The monoisotopic (exact) mass is 271 g/mol. The van der Waals surface area contributed by atoms with Crippen LogP contribution in [0.3, 0.4) is 0 Å². The predicted octanol–water partition coefficient (Wildman–Crippen LogP) is 1.01. The second-order valence-electron chi connectivity index (χ2n) is 6.66. The third-order valence-electron chi connectivity index (χ3n) is 4.49. The minimum absolute atomic E-state index is 0.158. The number of aliphatic hydroxyl groups is 1. The quantitative estimate of drug-likeness (QED) is 0.691. The molecule has 1 rings (SSSR count). The molecule has 1 aliphatic heterocycles. The van der Waals surface area contributed by atoms with Crippen molar-refractivity contribution in [1.29, 1.82) is 0 Å². The summed E-state index contributed by atoms with van der Waals surface area (Å²) in [6, 6.07) is 0.488.